The predicted octanol–water partition coefficient (Wildman–Crippen LogP) is 4.62. The molecule has 2 aromatic heterocycles. The SMILES string of the molecule is CC(C)Oc1cc(C(=O)Nc2ccc(C(=O)Nc3ccc(C(=O)O)nc3OC(C)C)nc2OC(C)C)ccc1N. The molecule has 0 saturated carbocycles. The maximum absolute atomic E-state index is 13.1. The van der Waals surface area contributed by atoms with Gasteiger partial charge in [0.25, 0.3) is 11.8 Å². The summed E-state index contributed by atoms with van der Waals surface area (Å²) in [7, 11) is 0. The molecule has 0 saturated heterocycles. The number of ether oxygens (including phenoxy) is 3. The lowest BCUT2D eigenvalue weighted by Gasteiger charge is -2.17. The highest BCUT2D eigenvalue weighted by atomic mass is 16.5. The highest BCUT2D eigenvalue weighted by Crippen LogP contribution is 2.28. The second-order valence-electron chi connectivity index (χ2n) is 9.56. The maximum Gasteiger partial charge on any atom is 0.354 e. The minimum atomic E-state index is -1.23. The summed E-state index contributed by atoms with van der Waals surface area (Å²) in [5, 5.41) is 14.6. The van der Waals surface area contributed by atoms with Crippen molar-refractivity contribution in [3.8, 4) is 17.5 Å². The van der Waals surface area contributed by atoms with Gasteiger partial charge in [0.05, 0.1) is 24.0 Å². The van der Waals surface area contributed by atoms with E-state index in [0.29, 0.717) is 17.0 Å². The van der Waals surface area contributed by atoms with Crippen molar-refractivity contribution in [3.63, 3.8) is 0 Å². The van der Waals surface area contributed by atoms with Crippen LogP contribution in [0.5, 0.6) is 17.5 Å². The summed E-state index contributed by atoms with van der Waals surface area (Å²) in [6, 6.07) is 10.2. The van der Waals surface area contributed by atoms with Crippen LogP contribution in [0, 0.1) is 0 Å². The number of amides is 2. The van der Waals surface area contributed by atoms with Crippen molar-refractivity contribution in [2.24, 2.45) is 0 Å². The number of nitrogens with one attached hydrogen (secondary N) is 2. The molecule has 0 bridgehead atoms. The van der Waals surface area contributed by atoms with Crippen molar-refractivity contribution in [1.29, 1.82) is 0 Å². The van der Waals surface area contributed by atoms with Crippen LogP contribution in [0.3, 0.4) is 0 Å². The van der Waals surface area contributed by atoms with E-state index in [1.165, 1.54) is 24.3 Å². The Morgan fingerprint density at radius 3 is 1.75 bits per heavy atom. The average molecular weight is 552 g/mol. The zero-order chi connectivity index (χ0) is 29.6. The van der Waals surface area contributed by atoms with E-state index >= 15 is 0 Å². The number of rotatable bonds is 11. The molecule has 0 unspecified atom stereocenters. The zero-order valence-electron chi connectivity index (χ0n) is 23.1. The fraction of sp³-hybridized carbons (Fsp3) is 0.321. The Balaban J connectivity index is 1.87. The van der Waals surface area contributed by atoms with Crippen LogP contribution in [0.1, 0.15) is 72.9 Å². The molecule has 0 atom stereocenters. The van der Waals surface area contributed by atoms with Gasteiger partial charge in [0, 0.05) is 5.56 Å². The van der Waals surface area contributed by atoms with Gasteiger partial charge in [0.15, 0.2) is 5.69 Å². The molecule has 1 aromatic carbocycles. The second kappa shape index (κ2) is 12.8. The third kappa shape index (κ3) is 7.82. The number of benzene rings is 1. The number of carbonyl (C=O) groups excluding carboxylic acids is 2. The molecule has 0 radical (unpaired) electrons. The van der Waals surface area contributed by atoms with Gasteiger partial charge in [-0.05, 0) is 84.0 Å². The Morgan fingerprint density at radius 1 is 0.725 bits per heavy atom. The van der Waals surface area contributed by atoms with Gasteiger partial charge in [0.1, 0.15) is 22.8 Å². The number of nitrogens with two attached hydrogens (primary N) is 1. The lowest BCUT2D eigenvalue weighted by atomic mass is 10.1. The van der Waals surface area contributed by atoms with E-state index in [2.05, 4.69) is 20.6 Å². The summed E-state index contributed by atoms with van der Waals surface area (Å²) in [6.45, 7) is 10.7. The standard InChI is InChI=1S/C28H33N5O7/c1-14(2)38-23-13-17(7-8-18(23)29)24(34)30-20-10-9-19(32-26(20)39-15(3)4)25(35)31-21-11-12-22(28(36)37)33-27(21)40-16(5)6/h7-16H,29H2,1-6H3,(H,30,34)(H,31,35)(H,36,37). The van der Waals surface area contributed by atoms with E-state index < -0.39 is 17.8 Å². The lowest BCUT2D eigenvalue weighted by Crippen LogP contribution is -2.19. The molecule has 0 aliphatic heterocycles. The van der Waals surface area contributed by atoms with Crippen molar-refractivity contribution in [2.45, 2.75) is 59.9 Å². The van der Waals surface area contributed by atoms with E-state index in [1.807, 2.05) is 13.8 Å². The molecular weight excluding hydrogens is 518 g/mol. The number of carboxylic acid groups (broad SMARTS) is 1. The van der Waals surface area contributed by atoms with Gasteiger partial charge in [-0.25, -0.2) is 14.8 Å². The first kappa shape index (κ1) is 29.7. The summed E-state index contributed by atoms with van der Waals surface area (Å²) in [5.74, 6) is -1.94. The van der Waals surface area contributed by atoms with Gasteiger partial charge < -0.3 is 35.7 Å². The topological polar surface area (TPSA) is 175 Å². The van der Waals surface area contributed by atoms with Gasteiger partial charge in [-0.1, -0.05) is 0 Å². The van der Waals surface area contributed by atoms with E-state index in [1.54, 1.807) is 45.9 Å². The maximum atomic E-state index is 13.1. The molecular formula is C28H33N5O7. The number of carboxylic acids is 1. The largest absolute Gasteiger partial charge is 0.489 e. The van der Waals surface area contributed by atoms with Crippen molar-refractivity contribution >= 4 is 34.8 Å². The predicted molar refractivity (Wildman–Crippen MR) is 149 cm³/mol. The Labute approximate surface area is 231 Å². The first-order valence-corrected chi connectivity index (χ1v) is 12.6. The fourth-order valence-electron chi connectivity index (χ4n) is 3.36. The molecule has 0 aliphatic carbocycles. The van der Waals surface area contributed by atoms with Crippen LogP contribution in [-0.4, -0.2) is 51.2 Å². The van der Waals surface area contributed by atoms with Crippen molar-refractivity contribution in [3.05, 3.63) is 59.4 Å². The highest BCUT2D eigenvalue weighted by molar-refractivity contribution is 6.07. The normalized spacial score (nSPS) is 10.9. The number of nitrogen functional groups attached to an aromatic ring is 1. The number of anilines is 3. The monoisotopic (exact) mass is 551 g/mol. The zero-order valence-corrected chi connectivity index (χ0v) is 23.1. The Hall–Kier alpha value is -4.87. The summed E-state index contributed by atoms with van der Waals surface area (Å²) in [5.41, 5.74) is 6.82. The first-order valence-electron chi connectivity index (χ1n) is 12.6. The molecule has 212 valence electrons. The van der Waals surface area contributed by atoms with Gasteiger partial charge in [-0.2, -0.15) is 0 Å². The third-order valence-electron chi connectivity index (χ3n) is 5.00. The molecule has 40 heavy (non-hydrogen) atoms. The van der Waals surface area contributed by atoms with Crippen LogP contribution in [0.25, 0.3) is 0 Å². The van der Waals surface area contributed by atoms with Crippen LogP contribution in [0.15, 0.2) is 42.5 Å². The Morgan fingerprint density at radius 2 is 1.23 bits per heavy atom. The van der Waals surface area contributed by atoms with E-state index in [-0.39, 0.29) is 52.8 Å². The highest BCUT2D eigenvalue weighted by Gasteiger charge is 2.20. The summed E-state index contributed by atoms with van der Waals surface area (Å²) < 4.78 is 17.0. The summed E-state index contributed by atoms with van der Waals surface area (Å²) >= 11 is 0. The van der Waals surface area contributed by atoms with Crippen molar-refractivity contribution in [1.82, 2.24) is 9.97 Å². The van der Waals surface area contributed by atoms with Crippen molar-refractivity contribution < 1.29 is 33.7 Å². The van der Waals surface area contributed by atoms with Gasteiger partial charge in [-0.3, -0.25) is 9.59 Å². The number of aromatic carboxylic acids is 1. The fourth-order valence-corrected chi connectivity index (χ4v) is 3.36. The molecule has 12 heteroatoms. The molecule has 2 amide bonds. The molecule has 12 nitrogen and oxygen atoms in total. The van der Waals surface area contributed by atoms with E-state index in [9.17, 15) is 19.5 Å². The van der Waals surface area contributed by atoms with Crippen LogP contribution < -0.4 is 30.6 Å². The van der Waals surface area contributed by atoms with Crippen LogP contribution in [0.2, 0.25) is 0 Å². The van der Waals surface area contributed by atoms with Gasteiger partial charge >= 0.3 is 5.97 Å². The van der Waals surface area contributed by atoms with E-state index in [4.69, 9.17) is 19.9 Å². The smallest absolute Gasteiger partial charge is 0.354 e. The number of carbonyl (C=O) groups is 3. The number of nitrogens with zero attached hydrogens (tertiary/aromatic N) is 2. The van der Waals surface area contributed by atoms with Crippen LogP contribution in [-0.2, 0) is 0 Å². The minimum absolute atomic E-state index is 0.0217. The average Bonchev–Trinajstić information content (AvgIpc) is 2.86. The summed E-state index contributed by atoms with van der Waals surface area (Å²) in [6.07, 6.45) is -0.774. The third-order valence-corrected chi connectivity index (χ3v) is 5.00. The van der Waals surface area contributed by atoms with E-state index in [0.717, 1.165) is 0 Å². The number of aromatic nitrogens is 2. The molecule has 3 rings (SSSR count). The Kier molecular flexibility index (Phi) is 9.49. The van der Waals surface area contributed by atoms with Crippen LogP contribution in [0.4, 0.5) is 17.1 Å². The van der Waals surface area contributed by atoms with Crippen LogP contribution >= 0.6 is 0 Å². The van der Waals surface area contributed by atoms with Crippen molar-refractivity contribution in [2.75, 3.05) is 16.4 Å². The first-order chi connectivity index (χ1) is 18.8. The van der Waals surface area contributed by atoms with Gasteiger partial charge in [-0.15, -0.1) is 0 Å². The summed E-state index contributed by atoms with van der Waals surface area (Å²) in [4.78, 5) is 45.7. The molecule has 3 aromatic rings. The lowest BCUT2D eigenvalue weighted by molar-refractivity contribution is 0.0688. The number of hydrogen-bond acceptors (Lipinski definition) is 9. The minimum Gasteiger partial charge on any atom is -0.489 e. The number of hydrogen-bond donors (Lipinski definition) is 4. The molecule has 0 aliphatic rings. The quantitative estimate of drug-likeness (QED) is 0.246. The second-order valence-corrected chi connectivity index (χ2v) is 9.56. The number of pyridine rings is 2. The molecule has 0 spiro atoms. The molecule has 2 heterocycles. The molecule has 5 N–H and O–H groups in total. The molecule has 0 fully saturated rings. The van der Waals surface area contributed by atoms with Gasteiger partial charge in [0.2, 0.25) is 11.8 Å². The Bertz CT molecular complexity index is 1410.